The molecule has 0 unspecified atom stereocenters. The van der Waals surface area contributed by atoms with Crippen molar-refractivity contribution >= 4 is 67.8 Å². The number of nitrogens with zero attached hydrogens (tertiary/aromatic N) is 3. The number of thiophene rings is 1. The minimum absolute atomic E-state index is 0.0564. The SMILES string of the molecule is Cc1cc(NC(=O)c2cc(Cl)sc2Cl)n(-c2nc3ccc(C(C)(C)C)cc3s2)n1. The van der Waals surface area contributed by atoms with Gasteiger partial charge in [0.25, 0.3) is 5.91 Å². The molecule has 0 radical (unpaired) electrons. The van der Waals surface area contributed by atoms with Gasteiger partial charge in [-0.1, -0.05) is 61.4 Å². The monoisotopic (exact) mass is 464 g/mol. The first-order valence-electron chi connectivity index (χ1n) is 8.86. The number of anilines is 1. The first-order chi connectivity index (χ1) is 13.6. The Morgan fingerprint density at radius 2 is 1.90 bits per heavy atom. The molecule has 0 spiro atoms. The van der Waals surface area contributed by atoms with Gasteiger partial charge >= 0.3 is 0 Å². The summed E-state index contributed by atoms with van der Waals surface area (Å²) in [4.78, 5) is 17.4. The van der Waals surface area contributed by atoms with Gasteiger partial charge in [0.2, 0.25) is 5.13 Å². The van der Waals surface area contributed by atoms with Crippen molar-refractivity contribution in [2.75, 3.05) is 5.32 Å². The topological polar surface area (TPSA) is 59.8 Å². The van der Waals surface area contributed by atoms with Crippen molar-refractivity contribution in [3.8, 4) is 5.13 Å². The van der Waals surface area contributed by atoms with Crippen LogP contribution in [0.15, 0.2) is 30.3 Å². The van der Waals surface area contributed by atoms with E-state index in [1.165, 1.54) is 16.9 Å². The Bertz CT molecular complexity index is 1230. The van der Waals surface area contributed by atoms with Crippen molar-refractivity contribution in [1.29, 1.82) is 0 Å². The normalized spacial score (nSPS) is 11.9. The molecule has 1 aromatic carbocycles. The maximum absolute atomic E-state index is 12.7. The van der Waals surface area contributed by atoms with Crippen molar-refractivity contribution in [3.63, 3.8) is 0 Å². The first kappa shape index (κ1) is 20.3. The number of carbonyl (C=O) groups excluding carboxylic acids is 1. The highest BCUT2D eigenvalue weighted by Crippen LogP contribution is 2.33. The average molecular weight is 465 g/mol. The molecule has 4 rings (SSSR count). The van der Waals surface area contributed by atoms with Crippen LogP contribution in [0.5, 0.6) is 0 Å². The molecule has 9 heteroatoms. The molecule has 3 heterocycles. The van der Waals surface area contributed by atoms with E-state index >= 15 is 0 Å². The summed E-state index contributed by atoms with van der Waals surface area (Å²) in [5.74, 6) is 0.191. The van der Waals surface area contributed by atoms with E-state index in [1.807, 2.05) is 13.0 Å². The Labute approximate surface area is 186 Å². The van der Waals surface area contributed by atoms with Crippen LogP contribution in [0.2, 0.25) is 8.67 Å². The molecule has 1 amide bonds. The maximum atomic E-state index is 12.7. The van der Waals surface area contributed by atoms with Crippen LogP contribution in [0.1, 0.15) is 42.4 Å². The van der Waals surface area contributed by atoms with Crippen LogP contribution < -0.4 is 5.32 Å². The third-order valence-electron chi connectivity index (χ3n) is 4.40. The van der Waals surface area contributed by atoms with Crippen molar-refractivity contribution in [1.82, 2.24) is 14.8 Å². The highest BCUT2D eigenvalue weighted by molar-refractivity contribution is 7.21. The molecule has 1 N–H and O–H groups in total. The smallest absolute Gasteiger partial charge is 0.259 e. The van der Waals surface area contributed by atoms with E-state index in [9.17, 15) is 4.79 Å². The number of aromatic nitrogens is 3. The number of benzene rings is 1. The lowest BCUT2D eigenvalue weighted by Gasteiger charge is -2.18. The van der Waals surface area contributed by atoms with E-state index in [-0.39, 0.29) is 11.3 Å². The number of hydrogen-bond acceptors (Lipinski definition) is 5. The fourth-order valence-corrected chi connectivity index (χ4v) is 5.31. The van der Waals surface area contributed by atoms with Crippen LogP contribution in [-0.4, -0.2) is 20.7 Å². The third kappa shape index (κ3) is 4.05. The fraction of sp³-hybridized carbons (Fsp3) is 0.250. The van der Waals surface area contributed by atoms with Gasteiger partial charge in [0, 0.05) is 6.07 Å². The van der Waals surface area contributed by atoms with E-state index in [2.05, 4.69) is 43.3 Å². The van der Waals surface area contributed by atoms with Crippen molar-refractivity contribution < 1.29 is 4.79 Å². The Hall–Kier alpha value is -1.93. The molecule has 5 nitrogen and oxygen atoms in total. The molecule has 0 bridgehead atoms. The molecule has 0 aliphatic rings. The number of nitrogens with one attached hydrogen (secondary N) is 1. The van der Waals surface area contributed by atoms with Crippen LogP contribution in [0, 0.1) is 6.92 Å². The van der Waals surface area contributed by atoms with Crippen LogP contribution in [-0.2, 0) is 5.41 Å². The van der Waals surface area contributed by atoms with E-state index in [0.29, 0.717) is 25.2 Å². The van der Waals surface area contributed by atoms with E-state index in [4.69, 9.17) is 28.2 Å². The zero-order valence-electron chi connectivity index (χ0n) is 16.2. The summed E-state index contributed by atoms with van der Waals surface area (Å²) < 4.78 is 3.54. The number of hydrogen-bond donors (Lipinski definition) is 1. The zero-order valence-corrected chi connectivity index (χ0v) is 19.4. The predicted molar refractivity (Wildman–Crippen MR) is 122 cm³/mol. The molecule has 29 heavy (non-hydrogen) atoms. The third-order valence-corrected chi connectivity index (χ3v) is 6.88. The lowest BCUT2D eigenvalue weighted by molar-refractivity contribution is 0.102. The molecular formula is C20H18Cl2N4OS2. The second kappa shape index (κ2) is 7.40. The molecule has 3 aromatic heterocycles. The summed E-state index contributed by atoms with van der Waals surface area (Å²) in [6.07, 6.45) is 0. The van der Waals surface area contributed by atoms with Gasteiger partial charge in [0.15, 0.2) is 0 Å². The second-order valence-corrected chi connectivity index (χ2v) is 11.0. The number of thiazole rings is 1. The molecule has 0 saturated heterocycles. The highest BCUT2D eigenvalue weighted by Gasteiger charge is 2.20. The molecule has 0 aliphatic carbocycles. The molecule has 0 fully saturated rings. The van der Waals surface area contributed by atoms with Gasteiger partial charge in [-0.15, -0.1) is 11.3 Å². The molecule has 150 valence electrons. The van der Waals surface area contributed by atoms with E-state index < -0.39 is 0 Å². The van der Waals surface area contributed by atoms with E-state index in [1.54, 1.807) is 16.8 Å². The fourth-order valence-electron chi connectivity index (χ4n) is 2.88. The van der Waals surface area contributed by atoms with Gasteiger partial charge in [-0.3, -0.25) is 4.79 Å². The minimum atomic E-state index is -0.338. The molecule has 0 saturated carbocycles. The number of amides is 1. The summed E-state index contributed by atoms with van der Waals surface area (Å²) in [7, 11) is 0. The summed E-state index contributed by atoms with van der Waals surface area (Å²) in [5.41, 5.74) is 3.31. The number of rotatable bonds is 3. The van der Waals surface area contributed by atoms with Gasteiger partial charge in [0.05, 0.1) is 25.8 Å². The quantitative estimate of drug-likeness (QED) is 0.366. The Morgan fingerprint density at radius 3 is 2.55 bits per heavy atom. The number of fused-ring (bicyclic) bond motifs is 1. The molecule has 0 atom stereocenters. The zero-order chi connectivity index (χ0) is 20.9. The van der Waals surface area contributed by atoms with Gasteiger partial charge in [0.1, 0.15) is 10.2 Å². The summed E-state index contributed by atoms with van der Waals surface area (Å²) >= 11 is 14.8. The number of halogens is 2. The first-order valence-corrected chi connectivity index (χ1v) is 11.2. The Balaban J connectivity index is 1.71. The van der Waals surface area contributed by atoms with Crippen LogP contribution in [0.25, 0.3) is 15.3 Å². The van der Waals surface area contributed by atoms with Crippen molar-refractivity contribution in [2.45, 2.75) is 33.1 Å². The van der Waals surface area contributed by atoms with Gasteiger partial charge in [-0.2, -0.15) is 9.78 Å². The number of carbonyl (C=O) groups is 1. The van der Waals surface area contributed by atoms with Gasteiger partial charge in [-0.05, 0) is 36.1 Å². The standard InChI is InChI=1S/C20H18Cl2N4OS2/c1-10-7-16(24-18(27)12-9-15(21)29-17(12)22)26(25-10)19-23-13-6-5-11(20(2,3)4)8-14(13)28-19/h5-9H,1-4H3,(H,24,27). The molecule has 0 aliphatic heterocycles. The Morgan fingerprint density at radius 1 is 1.14 bits per heavy atom. The minimum Gasteiger partial charge on any atom is -0.306 e. The van der Waals surface area contributed by atoms with Crippen molar-refractivity contribution in [2.24, 2.45) is 0 Å². The summed E-state index contributed by atoms with van der Waals surface area (Å²) in [6.45, 7) is 8.42. The average Bonchev–Trinajstić information content (AvgIpc) is 3.29. The van der Waals surface area contributed by atoms with Crippen LogP contribution in [0.3, 0.4) is 0 Å². The number of aryl methyl sites for hydroxylation is 1. The van der Waals surface area contributed by atoms with Crippen LogP contribution >= 0.6 is 45.9 Å². The molecule has 4 aromatic rings. The molecular weight excluding hydrogens is 447 g/mol. The Kier molecular flexibility index (Phi) is 5.19. The predicted octanol–water partition coefficient (Wildman–Crippen LogP) is 6.71. The summed E-state index contributed by atoms with van der Waals surface area (Å²) in [6, 6.07) is 9.65. The van der Waals surface area contributed by atoms with Gasteiger partial charge in [-0.25, -0.2) is 4.98 Å². The van der Waals surface area contributed by atoms with E-state index in [0.717, 1.165) is 27.2 Å². The maximum Gasteiger partial charge on any atom is 0.259 e. The largest absolute Gasteiger partial charge is 0.306 e. The summed E-state index contributed by atoms with van der Waals surface area (Å²) in [5, 5.41) is 8.07. The second-order valence-electron chi connectivity index (χ2n) is 7.70. The lowest BCUT2D eigenvalue weighted by atomic mass is 9.87. The highest BCUT2D eigenvalue weighted by atomic mass is 35.5. The lowest BCUT2D eigenvalue weighted by Crippen LogP contribution is -2.14. The van der Waals surface area contributed by atoms with Gasteiger partial charge < -0.3 is 5.32 Å². The van der Waals surface area contributed by atoms with Crippen LogP contribution in [0.4, 0.5) is 5.82 Å². The van der Waals surface area contributed by atoms with Crippen molar-refractivity contribution in [3.05, 3.63) is 55.8 Å².